The molecule has 2 amide bonds. The summed E-state index contributed by atoms with van der Waals surface area (Å²) in [6.45, 7) is -0.567. The molecule has 23 heavy (non-hydrogen) atoms. The zero-order valence-corrected chi connectivity index (χ0v) is 14.1. The first-order chi connectivity index (χ1) is 10.9. The number of hydrogen-bond acceptors (Lipinski definition) is 4. The molecule has 0 unspecified atom stereocenters. The zero-order chi connectivity index (χ0) is 16.6. The molecule has 1 aliphatic heterocycles. The van der Waals surface area contributed by atoms with Gasteiger partial charge in [0.25, 0.3) is 15.9 Å². The van der Waals surface area contributed by atoms with E-state index in [2.05, 4.69) is 21.2 Å². The van der Waals surface area contributed by atoms with E-state index in [1.165, 1.54) is 18.2 Å². The van der Waals surface area contributed by atoms with Crippen LogP contribution in [0.1, 0.15) is 10.4 Å². The minimum absolute atomic E-state index is 0.0692. The van der Waals surface area contributed by atoms with E-state index in [-0.39, 0.29) is 10.5 Å². The van der Waals surface area contributed by atoms with Crippen LogP contribution in [0.3, 0.4) is 0 Å². The van der Waals surface area contributed by atoms with E-state index < -0.39 is 28.4 Å². The number of fused-ring (bicyclic) bond motifs is 1. The average molecular weight is 395 g/mol. The first kappa shape index (κ1) is 15.7. The monoisotopic (exact) mass is 394 g/mol. The molecule has 2 aromatic rings. The molecule has 0 fully saturated rings. The summed E-state index contributed by atoms with van der Waals surface area (Å²) in [6, 6.07) is 12.8. The lowest BCUT2D eigenvalue weighted by Gasteiger charge is -2.14. The number of nitrogens with one attached hydrogen (secondary N) is 1. The number of carbonyl (C=O) groups excluding carboxylic acids is 2. The molecule has 0 spiro atoms. The number of rotatable bonds is 3. The number of amides is 2. The molecule has 1 aliphatic rings. The number of hydrogen-bond donors (Lipinski definition) is 1. The van der Waals surface area contributed by atoms with Gasteiger partial charge < -0.3 is 5.32 Å². The third-order valence-electron chi connectivity index (χ3n) is 3.31. The van der Waals surface area contributed by atoms with Gasteiger partial charge in [0, 0.05) is 10.2 Å². The highest BCUT2D eigenvalue weighted by Crippen LogP contribution is 2.29. The van der Waals surface area contributed by atoms with Crippen molar-refractivity contribution in [2.24, 2.45) is 0 Å². The van der Waals surface area contributed by atoms with Gasteiger partial charge in [0.15, 0.2) is 0 Å². The highest BCUT2D eigenvalue weighted by atomic mass is 79.9. The van der Waals surface area contributed by atoms with Crippen molar-refractivity contribution in [2.45, 2.75) is 4.90 Å². The predicted octanol–water partition coefficient (Wildman–Crippen LogP) is 2.23. The van der Waals surface area contributed by atoms with Crippen LogP contribution in [0.25, 0.3) is 0 Å². The maximum Gasteiger partial charge on any atom is 0.269 e. The Morgan fingerprint density at radius 3 is 2.57 bits per heavy atom. The number of sulfonamides is 1. The Hall–Kier alpha value is -2.19. The maximum absolute atomic E-state index is 12.4. The summed E-state index contributed by atoms with van der Waals surface area (Å²) in [7, 11) is -3.98. The Labute approximate surface area is 141 Å². The second kappa shape index (κ2) is 5.78. The number of benzene rings is 2. The summed E-state index contributed by atoms with van der Waals surface area (Å²) in [5.41, 5.74) is 0.591. The number of nitrogens with zero attached hydrogens (tertiary/aromatic N) is 1. The molecule has 1 heterocycles. The highest BCUT2D eigenvalue weighted by molar-refractivity contribution is 9.10. The number of carbonyl (C=O) groups is 2. The van der Waals surface area contributed by atoms with E-state index in [1.54, 1.807) is 30.3 Å². The van der Waals surface area contributed by atoms with Gasteiger partial charge in [-0.05, 0) is 30.3 Å². The fraction of sp³-hybridized carbons (Fsp3) is 0.0667. The lowest BCUT2D eigenvalue weighted by molar-refractivity contribution is -0.116. The first-order valence-corrected chi connectivity index (χ1v) is 8.84. The van der Waals surface area contributed by atoms with Crippen LogP contribution in [0.5, 0.6) is 0 Å². The first-order valence-electron chi connectivity index (χ1n) is 6.61. The second-order valence-electron chi connectivity index (χ2n) is 4.87. The van der Waals surface area contributed by atoms with Crippen molar-refractivity contribution in [1.82, 2.24) is 4.31 Å². The predicted molar refractivity (Wildman–Crippen MR) is 87.4 cm³/mol. The molecule has 0 bridgehead atoms. The van der Waals surface area contributed by atoms with E-state index in [9.17, 15) is 18.0 Å². The number of halogens is 1. The molecule has 0 saturated heterocycles. The molecule has 0 radical (unpaired) electrons. The van der Waals surface area contributed by atoms with Gasteiger partial charge in [-0.1, -0.05) is 34.1 Å². The summed E-state index contributed by atoms with van der Waals surface area (Å²) >= 11 is 3.28. The Balaban J connectivity index is 1.81. The normalized spacial score (nSPS) is 15.3. The Bertz CT molecular complexity index is 911. The molecule has 0 saturated carbocycles. The largest absolute Gasteiger partial charge is 0.324 e. The van der Waals surface area contributed by atoms with E-state index >= 15 is 0 Å². The van der Waals surface area contributed by atoms with E-state index in [4.69, 9.17) is 0 Å². The van der Waals surface area contributed by atoms with Crippen LogP contribution in [-0.2, 0) is 14.8 Å². The maximum atomic E-state index is 12.4. The van der Waals surface area contributed by atoms with Crippen molar-refractivity contribution in [2.75, 3.05) is 11.9 Å². The zero-order valence-electron chi connectivity index (χ0n) is 11.7. The van der Waals surface area contributed by atoms with Crippen molar-refractivity contribution >= 4 is 43.5 Å². The van der Waals surface area contributed by atoms with Gasteiger partial charge in [-0.15, -0.1) is 0 Å². The molecule has 8 heteroatoms. The number of anilines is 1. The fourth-order valence-electron chi connectivity index (χ4n) is 2.28. The summed E-state index contributed by atoms with van der Waals surface area (Å²) in [4.78, 5) is 24.2. The molecule has 2 aromatic carbocycles. The van der Waals surface area contributed by atoms with Gasteiger partial charge in [-0.3, -0.25) is 9.59 Å². The van der Waals surface area contributed by atoms with Crippen molar-refractivity contribution in [3.8, 4) is 0 Å². The summed E-state index contributed by atoms with van der Waals surface area (Å²) in [5, 5.41) is 2.57. The topological polar surface area (TPSA) is 83.6 Å². The Kier molecular flexibility index (Phi) is 3.95. The second-order valence-corrected chi connectivity index (χ2v) is 7.62. The molecular formula is C15H11BrN2O4S. The smallest absolute Gasteiger partial charge is 0.269 e. The highest BCUT2D eigenvalue weighted by Gasteiger charge is 2.41. The fourth-order valence-corrected chi connectivity index (χ4v) is 4.21. The molecule has 3 rings (SSSR count). The molecule has 118 valence electrons. The molecule has 1 N–H and O–H groups in total. The standard InChI is InChI=1S/C15H11BrN2O4S/c16-10-4-3-5-11(8-10)17-14(19)9-18-15(20)12-6-1-2-7-13(12)23(18,21)22/h1-8H,9H2,(H,17,19). The Morgan fingerprint density at radius 1 is 1.13 bits per heavy atom. The molecule has 0 aliphatic carbocycles. The van der Waals surface area contributed by atoms with Crippen LogP contribution in [0.2, 0.25) is 0 Å². The third-order valence-corrected chi connectivity index (χ3v) is 5.59. The molecule has 0 aromatic heterocycles. The minimum atomic E-state index is -3.98. The van der Waals surface area contributed by atoms with Crippen molar-refractivity contribution < 1.29 is 18.0 Å². The summed E-state index contributed by atoms with van der Waals surface area (Å²) < 4.78 is 26.1. The minimum Gasteiger partial charge on any atom is -0.324 e. The van der Waals surface area contributed by atoms with Gasteiger partial charge in [0.05, 0.1) is 5.56 Å². The van der Waals surface area contributed by atoms with Crippen LogP contribution in [0.4, 0.5) is 5.69 Å². The molecular weight excluding hydrogens is 384 g/mol. The summed E-state index contributed by atoms with van der Waals surface area (Å²) in [6.07, 6.45) is 0. The third kappa shape index (κ3) is 2.87. The van der Waals surface area contributed by atoms with Gasteiger partial charge in [-0.25, -0.2) is 12.7 Å². The van der Waals surface area contributed by atoms with E-state index in [0.717, 1.165) is 4.47 Å². The lowest BCUT2D eigenvalue weighted by atomic mass is 10.2. The molecule has 0 atom stereocenters. The van der Waals surface area contributed by atoms with Gasteiger partial charge in [0.2, 0.25) is 5.91 Å². The van der Waals surface area contributed by atoms with Crippen molar-refractivity contribution in [3.63, 3.8) is 0 Å². The summed E-state index contributed by atoms with van der Waals surface area (Å²) in [5.74, 6) is -1.28. The average Bonchev–Trinajstić information content (AvgIpc) is 2.69. The van der Waals surface area contributed by atoms with E-state index in [0.29, 0.717) is 9.99 Å². The van der Waals surface area contributed by atoms with Crippen LogP contribution in [-0.4, -0.2) is 31.1 Å². The van der Waals surface area contributed by atoms with Gasteiger partial charge in [0.1, 0.15) is 11.4 Å². The van der Waals surface area contributed by atoms with Crippen LogP contribution >= 0.6 is 15.9 Å². The van der Waals surface area contributed by atoms with E-state index in [1.807, 2.05) is 0 Å². The lowest BCUT2D eigenvalue weighted by Crippen LogP contribution is -2.37. The van der Waals surface area contributed by atoms with Crippen LogP contribution < -0.4 is 5.32 Å². The Morgan fingerprint density at radius 2 is 1.87 bits per heavy atom. The molecule has 6 nitrogen and oxygen atoms in total. The SMILES string of the molecule is O=C(CN1C(=O)c2ccccc2S1(=O)=O)Nc1cccc(Br)c1. The van der Waals surface area contributed by atoms with Gasteiger partial charge in [-0.2, -0.15) is 0 Å². The van der Waals surface area contributed by atoms with Crippen LogP contribution in [0, 0.1) is 0 Å². The van der Waals surface area contributed by atoms with Crippen LogP contribution in [0.15, 0.2) is 57.9 Å². The quantitative estimate of drug-likeness (QED) is 0.864. The van der Waals surface area contributed by atoms with Crippen molar-refractivity contribution in [1.29, 1.82) is 0 Å². The van der Waals surface area contributed by atoms with Crippen molar-refractivity contribution in [3.05, 3.63) is 58.6 Å². The van der Waals surface area contributed by atoms with Gasteiger partial charge >= 0.3 is 0 Å².